The number of nitrogens with one attached hydrogen (secondary N) is 2. The van der Waals surface area contributed by atoms with Gasteiger partial charge in [-0.3, -0.25) is 4.79 Å². The number of halogens is 3. The summed E-state index contributed by atoms with van der Waals surface area (Å²) in [6, 6.07) is 9.18. The molecule has 0 aliphatic heterocycles. The summed E-state index contributed by atoms with van der Waals surface area (Å²) in [7, 11) is 3.89. The van der Waals surface area contributed by atoms with Gasteiger partial charge >= 0.3 is 6.18 Å². The number of fused-ring (bicyclic) bond motifs is 1. The molecule has 0 saturated heterocycles. The van der Waals surface area contributed by atoms with Crippen molar-refractivity contribution in [2.75, 3.05) is 30.9 Å². The highest BCUT2D eigenvalue weighted by atomic mass is 19.4. The van der Waals surface area contributed by atoms with Crippen LogP contribution in [0.15, 0.2) is 34.7 Å². The van der Waals surface area contributed by atoms with Gasteiger partial charge in [-0.1, -0.05) is 12.1 Å². The molecule has 2 aromatic heterocycles. The molecule has 1 aliphatic carbocycles. The topological polar surface area (TPSA) is 83.3 Å². The standard InChI is InChI=1S/C24H28F3N5O2/c1-14-12-18(20(34-14)24(25,26)27)22(33)28-13-15-8-10-16(11-9-15)29-23-30-19-7-5-4-6-17(19)21(31-23)32(2)3/h4-7,12,15-16H,8-11,13H2,1-3H3,(H,28,33)(H,29,30,31)/t15-,16+. The molecule has 1 aliphatic rings. The zero-order valence-electron chi connectivity index (χ0n) is 19.4. The number of carbonyl (C=O) groups is 1. The average molecular weight is 476 g/mol. The maximum absolute atomic E-state index is 13.1. The molecule has 1 amide bonds. The quantitative estimate of drug-likeness (QED) is 0.521. The lowest BCUT2D eigenvalue weighted by molar-refractivity contribution is -0.153. The van der Waals surface area contributed by atoms with Crippen molar-refractivity contribution in [3.05, 3.63) is 47.4 Å². The minimum Gasteiger partial charge on any atom is -0.456 e. The molecule has 0 unspecified atom stereocenters. The van der Waals surface area contributed by atoms with Crippen LogP contribution in [0.3, 0.4) is 0 Å². The van der Waals surface area contributed by atoms with Crippen LogP contribution < -0.4 is 15.5 Å². The first-order valence-electron chi connectivity index (χ1n) is 11.3. The number of amides is 1. The van der Waals surface area contributed by atoms with Gasteiger partial charge in [0.05, 0.1) is 11.1 Å². The Morgan fingerprint density at radius 3 is 2.53 bits per heavy atom. The molecule has 0 spiro atoms. The first-order chi connectivity index (χ1) is 16.1. The van der Waals surface area contributed by atoms with Crippen LogP contribution >= 0.6 is 0 Å². The largest absolute Gasteiger partial charge is 0.456 e. The van der Waals surface area contributed by atoms with Crippen molar-refractivity contribution in [2.45, 2.75) is 44.8 Å². The van der Waals surface area contributed by atoms with E-state index in [0.717, 1.165) is 48.5 Å². The molecule has 3 aromatic rings. The highest BCUT2D eigenvalue weighted by Crippen LogP contribution is 2.34. The van der Waals surface area contributed by atoms with E-state index in [1.165, 1.54) is 6.92 Å². The Labute approximate surface area is 195 Å². The van der Waals surface area contributed by atoms with Crippen LogP contribution in [-0.4, -0.2) is 42.6 Å². The molecule has 4 rings (SSSR count). The Morgan fingerprint density at radius 2 is 1.85 bits per heavy atom. The highest BCUT2D eigenvalue weighted by molar-refractivity contribution is 5.95. The molecule has 2 heterocycles. The van der Waals surface area contributed by atoms with Gasteiger partial charge in [-0.05, 0) is 56.7 Å². The lowest BCUT2D eigenvalue weighted by atomic mass is 9.86. The van der Waals surface area contributed by atoms with Gasteiger partial charge in [0.2, 0.25) is 11.7 Å². The maximum atomic E-state index is 13.1. The van der Waals surface area contributed by atoms with E-state index in [1.54, 1.807) is 0 Å². The fourth-order valence-electron chi connectivity index (χ4n) is 4.38. The van der Waals surface area contributed by atoms with Crippen LogP contribution in [0.5, 0.6) is 0 Å². The van der Waals surface area contributed by atoms with Gasteiger partial charge in [0.25, 0.3) is 5.91 Å². The van der Waals surface area contributed by atoms with E-state index in [0.29, 0.717) is 12.5 Å². The predicted octanol–water partition coefficient (Wildman–Crippen LogP) is 5.02. The third kappa shape index (κ3) is 5.26. The average Bonchev–Trinajstić information content (AvgIpc) is 3.20. The Bertz CT molecular complexity index is 1170. The summed E-state index contributed by atoms with van der Waals surface area (Å²) in [5.74, 6) is -0.337. The highest BCUT2D eigenvalue weighted by Gasteiger charge is 2.40. The van der Waals surface area contributed by atoms with E-state index in [-0.39, 0.29) is 17.7 Å². The van der Waals surface area contributed by atoms with E-state index in [9.17, 15) is 18.0 Å². The monoisotopic (exact) mass is 475 g/mol. The zero-order chi connectivity index (χ0) is 24.5. The third-order valence-corrected chi connectivity index (χ3v) is 6.10. The normalized spacial score (nSPS) is 18.6. The zero-order valence-corrected chi connectivity index (χ0v) is 19.4. The second-order valence-corrected chi connectivity index (χ2v) is 8.95. The Balaban J connectivity index is 1.33. The molecule has 34 heavy (non-hydrogen) atoms. The summed E-state index contributed by atoms with van der Waals surface area (Å²) in [4.78, 5) is 23.7. The first-order valence-corrected chi connectivity index (χ1v) is 11.3. The summed E-state index contributed by atoms with van der Waals surface area (Å²) in [5, 5.41) is 7.07. The molecule has 7 nitrogen and oxygen atoms in total. The van der Waals surface area contributed by atoms with Gasteiger partial charge in [-0.2, -0.15) is 18.2 Å². The smallest absolute Gasteiger partial charge is 0.450 e. The molecule has 10 heteroatoms. The minimum atomic E-state index is -4.71. The fraction of sp³-hybridized carbons (Fsp3) is 0.458. The van der Waals surface area contributed by atoms with Crippen molar-refractivity contribution in [1.29, 1.82) is 0 Å². The molecule has 182 valence electrons. The number of furan rings is 1. The Hall–Kier alpha value is -3.30. The van der Waals surface area contributed by atoms with Crippen LogP contribution in [0.25, 0.3) is 10.9 Å². The van der Waals surface area contributed by atoms with Gasteiger partial charge in [-0.15, -0.1) is 0 Å². The first kappa shape index (κ1) is 23.8. The number of benzene rings is 1. The maximum Gasteiger partial charge on any atom is 0.450 e. The number of para-hydroxylation sites is 1. The molecular formula is C24H28F3N5O2. The van der Waals surface area contributed by atoms with Crippen molar-refractivity contribution < 1.29 is 22.4 Å². The Kier molecular flexibility index (Phi) is 6.67. The van der Waals surface area contributed by atoms with E-state index in [4.69, 9.17) is 4.42 Å². The van der Waals surface area contributed by atoms with Crippen LogP contribution in [0.2, 0.25) is 0 Å². The van der Waals surface area contributed by atoms with Crippen molar-refractivity contribution in [3.8, 4) is 0 Å². The van der Waals surface area contributed by atoms with Gasteiger partial charge in [0, 0.05) is 32.1 Å². The van der Waals surface area contributed by atoms with Crippen LogP contribution in [0.1, 0.15) is 47.6 Å². The Morgan fingerprint density at radius 1 is 1.15 bits per heavy atom. The number of nitrogens with zero attached hydrogens (tertiary/aromatic N) is 3. The number of rotatable bonds is 6. The summed E-state index contributed by atoms with van der Waals surface area (Å²) < 4.78 is 44.0. The van der Waals surface area contributed by atoms with E-state index < -0.39 is 23.4 Å². The summed E-state index contributed by atoms with van der Waals surface area (Å²) >= 11 is 0. The molecule has 1 fully saturated rings. The number of hydrogen-bond donors (Lipinski definition) is 2. The molecule has 0 radical (unpaired) electrons. The number of aryl methyl sites for hydroxylation is 1. The molecule has 0 bridgehead atoms. The summed E-state index contributed by atoms with van der Waals surface area (Å²) in [6.45, 7) is 1.71. The lowest BCUT2D eigenvalue weighted by Gasteiger charge is -2.29. The fourth-order valence-corrected chi connectivity index (χ4v) is 4.38. The molecular weight excluding hydrogens is 447 g/mol. The number of anilines is 2. The van der Waals surface area contributed by atoms with Crippen LogP contribution in [-0.2, 0) is 6.18 Å². The SMILES string of the molecule is Cc1cc(C(=O)NC[C@H]2CC[C@@H](Nc3nc(N(C)C)c4ccccc4n3)CC2)c(C(F)(F)F)o1. The van der Waals surface area contributed by atoms with Crippen molar-refractivity contribution in [1.82, 2.24) is 15.3 Å². The number of alkyl halides is 3. The minimum absolute atomic E-state index is 0.0531. The van der Waals surface area contributed by atoms with Crippen molar-refractivity contribution in [2.24, 2.45) is 5.92 Å². The van der Waals surface area contributed by atoms with Crippen molar-refractivity contribution >= 4 is 28.6 Å². The second kappa shape index (κ2) is 9.52. The van der Waals surface area contributed by atoms with E-state index in [2.05, 4.69) is 20.6 Å². The number of hydrogen-bond acceptors (Lipinski definition) is 6. The molecule has 1 saturated carbocycles. The molecule has 0 atom stereocenters. The lowest BCUT2D eigenvalue weighted by Crippen LogP contribution is -2.34. The second-order valence-electron chi connectivity index (χ2n) is 8.95. The summed E-state index contributed by atoms with van der Waals surface area (Å²) in [6.07, 6.45) is -1.33. The molecule has 1 aromatic carbocycles. The van der Waals surface area contributed by atoms with Gasteiger partial charge in [0.15, 0.2) is 0 Å². The number of carbonyl (C=O) groups excluding carboxylic acids is 1. The molecule has 2 N–H and O–H groups in total. The van der Waals surface area contributed by atoms with Gasteiger partial charge < -0.3 is 20.0 Å². The van der Waals surface area contributed by atoms with Crippen LogP contribution in [0.4, 0.5) is 24.9 Å². The van der Waals surface area contributed by atoms with Gasteiger partial charge in [0.1, 0.15) is 11.6 Å². The number of aromatic nitrogens is 2. The predicted molar refractivity (Wildman–Crippen MR) is 124 cm³/mol. The van der Waals surface area contributed by atoms with Crippen LogP contribution in [0, 0.1) is 12.8 Å². The summed E-state index contributed by atoms with van der Waals surface area (Å²) in [5.41, 5.74) is 0.401. The van der Waals surface area contributed by atoms with Gasteiger partial charge in [-0.25, -0.2) is 4.98 Å². The van der Waals surface area contributed by atoms with Crippen molar-refractivity contribution in [3.63, 3.8) is 0 Å². The van der Waals surface area contributed by atoms with E-state index >= 15 is 0 Å². The van der Waals surface area contributed by atoms with E-state index in [1.807, 2.05) is 43.3 Å². The third-order valence-electron chi connectivity index (χ3n) is 6.10.